The van der Waals surface area contributed by atoms with E-state index in [-0.39, 0.29) is 0 Å². The topological polar surface area (TPSA) is 35.5 Å². The van der Waals surface area contributed by atoms with Gasteiger partial charge in [0, 0.05) is 6.42 Å². The van der Waals surface area contributed by atoms with Gasteiger partial charge in [-0.05, 0) is 12.0 Å². The van der Waals surface area contributed by atoms with Crippen molar-refractivity contribution in [2.75, 3.05) is 7.11 Å². The molecule has 1 unspecified atom stereocenters. The highest BCUT2D eigenvalue weighted by molar-refractivity contribution is 5.60. The van der Waals surface area contributed by atoms with Crippen molar-refractivity contribution in [1.82, 2.24) is 0 Å². The van der Waals surface area contributed by atoms with E-state index >= 15 is 0 Å². The number of rotatable bonds is 4. The quantitative estimate of drug-likeness (QED) is 0.575. The Bertz CT molecular complexity index is 365. The van der Waals surface area contributed by atoms with E-state index in [1.807, 2.05) is 30.3 Å². The van der Waals surface area contributed by atoms with E-state index in [1.54, 1.807) is 0 Å². The molecule has 3 heteroatoms. The first kappa shape index (κ1) is 12.1. The van der Waals surface area contributed by atoms with Gasteiger partial charge in [-0.1, -0.05) is 36.3 Å². The molecule has 0 saturated heterocycles. The van der Waals surface area contributed by atoms with Gasteiger partial charge >= 0.3 is 6.16 Å². The van der Waals surface area contributed by atoms with Gasteiger partial charge in [-0.15, -0.1) is 6.42 Å². The van der Waals surface area contributed by atoms with Gasteiger partial charge in [-0.3, -0.25) is 0 Å². The van der Waals surface area contributed by atoms with Crippen LogP contribution in [0.1, 0.15) is 12.0 Å². The molecule has 0 aliphatic rings. The van der Waals surface area contributed by atoms with Crippen molar-refractivity contribution in [3.63, 3.8) is 0 Å². The van der Waals surface area contributed by atoms with Crippen LogP contribution in [0.15, 0.2) is 30.3 Å². The molecule has 0 aromatic heterocycles. The average molecular weight is 218 g/mol. The Morgan fingerprint density at radius 2 is 2.12 bits per heavy atom. The third-order valence-corrected chi connectivity index (χ3v) is 2.13. The molecule has 1 aromatic carbocycles. The number of hydrogen-bond donors (Lipinski definition) is 0. The molecule has 1 aromatic rings. The third-order valence-electron chi connectivity index (χ3n) is 2.13. The SMILES string of the molecule is C#CC(CCc1ccccc1)OC(=O)OC. The Morgan fingerprint density at radius 3 is 2.69 bits per heavy atom. The predicted molar refractivity (Wildman–Crippen MR) is 60.9 cm³/mol. The molecule has 3 nitrogen and oxygen atoms in total. The zero-order chi connectivity index (χ0) is 11.8. The van der Waals surface area contributed by atoms with Crippen molar-refractivity contribution in [2.45, 2.75) is 18.9 Å². The zero-order valence-corrected chi connectivity index (χ0v) is 9.18. The van der Waals surface area contributed by atoms with Gasteiger partial charge in [0.15, 0.2) is 6.10 Å². The number of methoxy groups -OCH3 is 1. The van der Waals surface area contributed by atoms with Gasteiger partial charge in [-0.2, -0.15) is 0 Å². The van der Waals surface area contributed by atoms with Gasteiger partial charge in [0.25, 0.3) is 0 Å². The van der Waals surface area contributed by atoms with Crippen molar-refractivity contribution in [3.8, 4) is 12.3 Å². The monoisotopic (exact) mass is 218 g/mol. The minimum absolute atomic E-state index is 0.535. The highest BCUT2D eigenvalue weighted by Gasteiger charge is 2.11. The Hall–Kier alpha value is -1.95. The summed E-state index contributed by atoms with van der Waals surface area (Å²) < 4.78 is 9.25. The Morgan fingerprint density at radius 1 is 1.44 bits per heavy atom. The highest BCUT2D eigenvalue weighted by atomic mass is 16.7. The summed E-state index contributed by atoms with van der Waals surface area (Å²) in [4.78, 5) is 10.9. The second-order valence-electron chi connectivity index (χ2n) is 3.25. The van der Waals surface area contributed by atoms with Crippen molar-refractivity contribution >= 4 is 6.16 Å². The fourth-order valence-electron chi connectivity index (χ4n) is 1.28. The minimum Gasteiger partial charge on any atom is -0.438 e. The molecule has 0 heterocycles. The molecule has 16 heavy (non-hydrogen) atoms. The summed E-state index contributed by atoms with van der Waals surface area (Å²) in [5, 5.41) is 0. The van der Waals surface area contributed by atoms with Crippen molar-refractivity contribution in [1.29, 1.82) is 0 Å². The molecule has 0 saturated carbocycles. The third kappa shape index (κ3) is 4.05. The summed E-state index contributed by atoms with van der Waals surface area (Å²) in [5.74, 6) is 2.41. The fourth-order valence-corrected chi connectivity index (χ4v) is 1.28. The molecule has 0 radical (unpaired) electrons. The molecule has 0 aliphatic heterocycles. The van der Waals surface area contributed by atoms with Crippen LogP contribution in [0.25, 0.3) is 0 Å². The highest BCUT2D eigenvalue weighted by Crippen LogP contribution is 2.07. The van der Waals surface area contributed by atoms with Gasteiger partial charge in [0.05, 0.1) is 7.11 Å². The minimum atomic E-state index is -0.740. The molecule has 0 amide bonds. The van der Waals surface area contributed by atoms with E-state index in [1.165, 1.54) is 7.11 Å². The Kier molecular flexibility index (Phi) is 4.94. The van der Waals surface area contributed by atoms with E-state index in [2.05, 4.69) is 10.7 Å². The summed E-state index contributed by atoms with van der Waals surface area (Å²) in [6, 6.07) is 9.88. The molecule has 84 valence electrons. The van der Waals surface area contributed by atoms with E-state index in [4.69, 9.17) is 11.2 Å². The first-order chi connectivity index (χ1) is 7.76. The molecule has 0 spiro atoms. The van der Waals surface area contributed by atoms with E-state index in [0.29, 0.717) is 6.42 Å². The molecule has 0 N–H and O–H groups in total. The van der Waals surface area contributed by atoms with Crippen LogP contribution < -0.4 is 0 Å². The molecule has 0 fully saturated rings. The maximum atomic E-state index is 10.9. The van der Waals surface area contributed by atoms with Crippen LogP contribution in [0.2, 0.25) is 0 Å². The van der Waals surface area contributed by atoms with Gasteiger partial charge in [0.2, 0.25) is 0 Å². The first-order valence-corrected chi connectivity index (χ1v) is 5.01. The lowest BCUT2D eigenvalue weighted by Gasteiger charge is -2.10. The number of terminal acetylenes is 1. The van der Waals surface area contributed by atoms with Crippen molar-refractivity contribution < 1.29 is 14.3 Å². The van der Waals surface area contributed by atoms with Crippen LogP contribution in [0.3, 0.4) is 0 Å². The summed E-state index contributed by atoms with van der Waals surface area (Å²) in [5.41, 5.74) is 1.16. The smallest absolute Gasteiger partial charge is 0.438 e. The second-order valence-corrected chi connectivity index (χ2v) is 3.25. The lowest BCUT2D eigenvalue weighted by atomic mass is 10.1. The number of carbonyl (C=O) groups excluding carboxylic acids is 1. The lowest BCUT2D eigenvalue weighted by Crippen LogP contribution is -2.17. The fraction of sp³-hybridized carbons (Fsp3) is 0.308. The number of ether oxygens (including phenoxy) is 2. The van der Waals surface area contributed by atoms with Crippen LogP contribution in [0.5, 0.6) is 0 Å². The standard InChI is InChI=1S/C13H14O3/c1-3-12(16-13(14)15-2)10-9-11-7-5-4-6-8-11/h1,4-8,12H,9-10H2,2H3. The molecule has 1 atom stereocenters. The largest absolute Gasteiger partial charge is 0.509 e. The molecular formula is C13H14O3. The Labute approximate surface area is 95.4 Å². The predicted octanol–water partition coefficient (Wildman–Crippen LogP) is 2.40. The number of aryl methyl sites for hydroxylation is 1. The summed E-state index contributed by atoms with van der Waals surface area (Å²) in [6.45, 7) is 0. The number of hydrogen-bond acceptors (Lipinski definition) is 3. The van der Waals surface area contributed by atoms with Gasteiger partial charge in [0.1, 0.15) is 0 Å². The van der Waals surface area contributed by atoms with Crippen LogP contribution >= 0.6 is 0 Å². The maximum Gasteiger partial charge on any atom is 0.509 e. The lowest BCUT2D eigenvalue weighted by molar-refractivity contribution is 0.0530. The van der Waals surface area contributed by atoms with Crippen LogP contribution in [0.4, 0.5) is 4.79 Å². The second kappa shape index (κ2) is 6.52. The van der Waals surface area contributed by atoms with Crippen LogP contribution in [0, 0.1) is 12.3 Å². The molecule has 0 aliphatic carbocycles. The molecule has 0 bridgehead atoms. The normalized spacial score (nSPS) is 11.2. The van der Waals surface area contributed by atoms with Crippen molar-refractivity contribution in [3.05, 3.63) is 35.9 Å². The number of benzene rings is 1. The van der Waals surface area contributed by atoms with Gasteiger partial charge < -0.3 is 9.47 Å². The van der Waals surface area contributed by atoms with Crippen LogP contribution in [-0.4, -0.2) is 19.4 Å². The molecular weight excluding hydrogens is 204 g/mol. The Balaban J connectivity index is 2.41. The zero-order valence-electron chi connectivity index (χ0n) is 9.18. The van der Waals surface area contributed by atoms with E-state index in [0.717, 1.165) is 12.0 Å². The molecule has 1 rings (SSSR count). The number of carbonyl (C=O) groups is 1. The summed E-state index contributed by atoms with van der Waals surface area (Å²) >= 11 is 0. The van der Waals surface area contributed by atoms with Crippen molar-refractivity contribution in [2.24, 2.45) is 0 Å². The first-order valence-electron chi connectivity index (χ1n) is 5.01. The summed E-state index contributed by atoms with van der Waals surface area (Å²) in [7, 11) is 1.26. The summed E-state index contributed by atoms with van der Waals surface area (Å²) in [6.07, 6.45) is 5.35. The van der Waals surface area contributed by atoms with E-state index in [9.17, 15) is 4.79 Å². The average Bonchev–Trinajstić information content (AvgIpc) is 2.35. The maximum absolute atomic E-state index is 10.9. The van der Waals surface area contributed by atoms with Gasteiger partial charge in [-0.25, -0.2) is 4.79 Å². The van der Waals surface area contributed by atoms with E-state index < -0.39 is 12.3 Å². The van der Waals surface area contributed by atoms with Crippen LogP contribution in [-0.2, 0) is 15.9 Å².